The van der Waals surface area contributed by atoms with Crippen molar-refractivity contribution in [1.29, 1.82) is 0 Å². The minimum atomic E-state index is -0.380. The molecule has 1 fully saturated rings. The fraction of sp³-hybridized carbons (Fsp3) is 0.400. The summed E-state index contributed by atoms with van der Waals surface area (Å²) in [6.07, 6.45) is 4.30. The monoisotopic (exact) mass is 365 g/mol. The highest BCUT2D eigenvalue weighted by molar-refractivity contribution is 5.76. The second-order valence-electron chi connectivity index (χ2n) is 7.04. The SMILES string of the molecule is CCc1nc2ccccc2n1C1CCN(c2cc(C)c([N+](=O)[O-])cn2)CC1. The van der Waals surface area contributed by atoms with Gasteiger partial charge in [-0.15, -0.1) is 0 Å². The van der Waals surface area contributed by atoms with Gasteiger partial charge in [-0.3, -0.25) is 10.1 Å². The van der Waals surface area contributed by atoms with E-state index in [0.29, 0.717) is 11.6 Å². The molecule has 0 atom stereocenters. The summed E-state index contributed by atoms with van der Waals surface area (Å²) in [5, 5.41) is 11.0. The van der Waals surface area contributed by atoms with Gasteiger partial charge in [0.05, 0.1) is 16.0 Å². The van der Waals surface area contributed by atoms with E-state index in [1.165, 1.54) is 11.7 Å². The molecule has 3 heterocycles. The van der Waals surface area contributed by atoms with Crippen LogP contribution in [0.4, 0.5) is 11.5 Å². The molecule has 1 aliphatic heterocycles. The predicted molar refractivity (Wildman–Crippen MR) is 105 cm³/mol. The number of nitrogens with zero attached hydrogens (tertiary/aromatic N) is 5. The van der Waals surface area contributed by atoms with Crippen LogP contribution in [0.1, 0.15) is 37.2 Å². The second kappa shape index (κ2) is 6.98. The lowest BCUT2D eigenvalue weighted by Crippen LogP contribution is -2.35. The van der Waals surface area contributed by atoms with Crippen molar-refractivity contribution in [2.24, 2.45) is 0 Å². The molecule has 0 unspecified atom stereocenters. The number of fused-ring (bicyclic) bond motifs is 1. The molecule has 1 aromatic carbocycles. The van der Waals surface area contributed by atoms with E-state index in [4.69, 9.17) is 4.98 Å². The molecule has 2 aromatic heterocycles. The van der Waals surface area contributed by atoms with E-state index in [1.807, 2.05) is 12.1 Å². The molecule has 7 heteroatoms. The normalized spacial score (nSPS) is 15.4. The average Bonchev–Trinajstić information content (AvgIpc) is 3.06. The van der Waals surface area contributed by atoms with E-state index in [1.54, 1.807) is 6.92 Å². The number of pyridine rings is 1. The van der Waals surface area contributed by atoms with E-state index < -0.39 is 0 Å². The molecule has 0 N–H and O–H groups in total. The number of aromatic nitrogens is 3. The number of hydrogen-bond acceptors (Lipinski definition) is 5. The van der Waals surface area contributed by atoms with E-state index >= 15 is 0 Å². The maximum absolute atomic E-state index is 11.0. The number of benzene rings is 1. The summed E-state index contributed by atoms with van der Waals surface area (Å²) < 4.78 is 2.40. The highest BCUT2D eigenvalue weighted by Gasteiger charge is 2.25. The zero-order valence-electron chi connectivity index (χ0n) is 15.6. The Balaban J connectivity index is 1.55. The Kier molecular flexibility index (Phi) is 4.51. The first kappa shape index (κ1) is 17.5. The van der Waals surface area contributed by atoms with Crippen molar-refractivity contribution >= 4 is 22.5 Å². The largest absolute Gasteiger partial charge is 0.356 e. The van der Waals surface area contributed by atoms with Crippen LogP contribution in [0.2, 0.25) is 0 Å². The van der Waals surface area contributed by atoms with Gasteiger partial charge in [-0.25, -0.2) is 9.97 Å². The quantitative estimate of drug-likeness (QED) is 0.515. The van der Waals surface area contributed by atoms with Crippen molar-refractivity contribution < 1.29 is 4.92 Å². The minimum absolute atomic E-state index is 0.0751. The molecule has 1 saturated heterocycles. The van der Waals surface area contributed by atoms with E-state index in [2.05, 4.69) is 39.6 Å². The molecule has 7 nitrogen and oxygen atoms in total. The third-order valence-electron chi connectivity index (χ3n) is 5.40. The molecule has 3 aromatic rings. The van der Waals surface area contributed by atoms with Crippen molar-refractivity contribution in [3.63, 3.8) is 0 Å². The number of anilines is 1. The molecule has 0 saturated carbocycles. The molecule has 0 amide bonds. The molecule has 27 heavy (non-hydrogen) atoms. The third-order valence-corrected chi connectivity index (χ3v) is 5.40. The van der Waals surface area contributed by atoms with Crippen LogP contribution < -0.4 is 4.90 Å². The topological polar surface area (TPSA) is 77.1 Å². The number of aryl methyl sites for hydroxylation is 2. The van der Waals surface area contributed by atoms with Gasteiger partial charge < -0.3 is 9.47 Å². The number of rotatable bonds is 4. The van der Waals surface area contributed by atoms with Crippen LogP contribution in [-0.4, -0.2) is 32.5 Å². The summed E-state index contributed by atoms with van der Waals surface area (Å²) in [6, 6.07) is 10.6. The van der Waals surface area contributed by atoms with Gasteiger partial charge in [0, 0.05) is 31.1 Å². The van der Waals surface area contributed by atoms with Crippen LogP contribution in [0.3, 0.4) is 0 Å². The summed E-state index contributed by atoms with van der Waals surface area (Å²) in [5.74, 6) is 1.96. The number of hydrogen-bond donors (Lipinski definition) is 0. The lowest BCUT2D eigenvalue weighted by molar-refractivity contribution is -0.385. The summed E-state index contributed by atoms with van der Waals surface area (Å²) >= 11 is 0. The number of nitro groups is 1. The summed E-state index contributed by atoms with van der Waals surface area (Å²) in [5.41, 5.74) is 2.99. The Morgan fingerprint density at radius 1 is 1.26 bits per heavy atom. The fourth-order valence-electron chi connectivity index (χ4n) is 4.00. The first-order valence-corrected chi connectivity index (χ1v) is 9.40. The Labute approximate surface area is 157 Å². The van der Waals surface area contributed by atoms with E-state index in [0.717, 1.165) is 49.5 Å². The number of para-hydroxylation sites is 2. The van der Waals surface area contributed by atoms with Gasteiger partial charge in [-0.05, 0) is 38.0 Å². The van der Waals surface area contributed by atoms with Gasteiger partial charge in [0.1, 0.15) is 17.8 Å². The first-order valence-electron chi connectivity index (χ1n) is 9.40. The average molecular weight is 365 g/mol. The van der Waals surface area contributed by atoms with Gasteiger partial charge in [-0.1, -0.05) is 19.1 Å². The third kappa shape index (κ3) is 3.13. The highest BCUT2D eigenvalue weighted by Crippen LogP contribution is 2.31. The lowest BCUT2D eigenvalue weighted by Gasteiger charge is -2.34. The van der Waals surface area contributed by atoms with Gasteiger partial charge in [0.2, 0.25) is 0 Å². The standard InChI is InChI=1S/C20H23N5O2/c1-3-19-22-16-6-4-5-7-17(16)24(19)15-8-10-23(11-9-15)20-12-14(2)18(13-21-20)25(26)27/h4-7,12-13,15H,3,8-11H2,1-2H3. The number of piperidine rings is 1. The van der Waals surface area contributed by atoms with Crippen LogP contribution in [0.25, 0.3) is 11.0 Å². The smallest absolute Gasteiger partial charge is 0.290 e. The second-order valence-corrected chi connectivity index (χ2v) is 7.04. The van der Waals surface area contributed by atoms with Gasteiger partial charge >= 0.3 is 0 Å². The predicted octanol–water partition coefficient (Wildman–Crippen LogP) is 4.05. The fourth-order valence-corrected chi connectivity index (χ4v) is 4.00. The van der Waals surface area contributed by atoms with Crippen molar-refractivity contribution in [3.8, 4) is 0 Å². The molecule has 0 aliphatic carbocycles. The van der Waals surface area contributed by atoms with E-state index in [9.17, 15) is 10.1 Å². The molecule has 4 rings (SSSR count). The van der Waals surface area contributed by atoms with Crippen molar-refractivity contribution in [2.45, 2.75) is 39.2 Å². The number of imidazole rings is 1. The van der Waals surface area contributed by atoms with Crippen molar-refractivity contribution in [2.75, 3.05) is 18.0 Å². The minimum Gasteiger partial charge on any atom is -0.356 e. The Bertz CT molecular complexity index is 989. The molecule has 0 radical (unpaired) electrons. The zero-order chi connectivity index (χ0) is 19.0. The van der Waals surface area contributed by atoms with Crippen LogP contribution >= 0.6 is 0 Å². The molecular formula is C20H23N5O2. The van der Waals surface area contributed by atoms with Gasteiger partial charge in [0.15, 0.2) is 0 Å². The van der Waals surface area contributed by atoms with Crippen LogP contribution in [-0.2, 0) is 6.42 Å². The maximum atomic E-state index is 11.0. The van der Waals surface area contributed by atoms with Crippen LogP contribution in [0.15, 0.2) is 36.5 Å². The zero-order valence-corrected chi connectivity index (χ0v) is 15.6. The van der Waals surface area contributed by atoms with Gasteiger partial charge in [-0.2, -0.15) is 0 Å². The van der Waals surface area contributed by atoms with Gasteiger partial charge in [0.25, 0.3) is 5.69 Å². The molecular weight excluding hydrogens is 342 g/mol. The summed E-state index contributed by atoms with van der Waals surface area (Å²) in [4.78, 5) is 21.9. The molecule has 0 spiro atoms. The summed E-state index contributed by atoms with van der Waals surface area (Å²) in [6.45, 7) is 5.67. The van der Waals surface area contributed by atoms with Crippen LogP contribution in [0.5, 0.6) is 0 Å². The summed E-state index contributed by atoms with van der Waals surface area (Å²) in [7, 11) is 0. The molecule has 140 valence electrons. The van der Waals surface area contributed by atoms with Crippen molar-refractivity contribution in [3.05, 3.63) is 58.0 Å². The Morgan fingerprint density at radius 2 is 2.00 bits per heavy atom. The molecule has 1 aliphatic rings. The van der Waals surface area contributed by atoms with Crippen LogP contribution in [0, 0.1) is 17.0 Å². The maximum Gasteiger partial charge on any atom is 0.290 e. The van der Waals surface area contributed by atoms with E-state index in [-0.39, 0.29) is 10.6 Å². The Morgan fingerprint density at radius 3 is 2.67 bits per heavy atom. The molecule has 0 bridgehead atoms. The Hall–Kier alpha value is -2.96. The lowest BCUT2D eigenvalue weighted by atomic mass is 10.0. The van der Waals surface area contributed by atoms with Crippen molar-refractivity contribution in [1.82, 2.24) is 14.5 Å². The highest BCUT2D eigenvalue weighted by atomic mass is 16.6. The first-order chi connectivity index (χ1) is 13.1.